The van der Waals surface area contributed by atoms with Gasteiger partial charge in [-0.3, -0.25) is 0 Å². The van der Waals surface area contributed by atoms with Crippen molar-refractivity contribution in [3.05, 3.63) is 0 Å². The van der Waals surface area contributed by atoms with Crippen molar-refractivity contribution in [2.45, 2.75) is 65.0 Å². The third kappa shape index (κ3) is 3.41. The first kappa shape index (κ1) is 11.7. The molecule has 0 bridgehead atoms. The molecule has 0 spiro atoms. The summed E-state index contributed by atoms with van der Waals surface area (Å²) >= 11 is 0. The van der Waals surface area contributed by atoms with Gasteiger partial charge >= 0.3 is 0 Å². The molecule has 2 N–H and O–H groups in total. The van der Waals surface area contributed by atoms with Gasteiger partial charge in [0, 0.05) is 17.3 Å². The summed E-state index contributed by atoms with van der Waals surface area (Å²) in [6.07, 6.45) is 4.78. The summed E-state index contributed by atoms with van der Waals surface area (Å²) < 4.78 is 0. The van der Waals surface area contributed by atoms with Crippen LogP contribution in [0, 0.1) is 11.3 Å². The van der Waals surface area contributed by atoms with Crippen LogP contribution in [-0.4, -0.2) is 17.3 Å². The Hall–Kier alpha value is -0.370. The van der Waals surface area contributed by atoms with Crippen LogP contribution in [0.4, 0.5) is 0 Å². The molecule has 0 radical (unpaired) electrons. The first-order valence-corrected chi connectivity index (χ1v) is 5.73. The third-order valence-corrected chi connectivity index (χ3v) is 3.04. The molecule has 0 aromatic rings. The fourth-order valence-electron chi connectivity index (χ4n) is 2.65. The zero-order valence-electron chi connectivity index (χ0n) is 9.98. The van der Waals surface area contributed by atoms with Crippen LogP contribution in [0.25, 0.3) is 0 Å². The number of nitrogens with one attached hydrogen (secondary N) is 2. The van der Waals surface area contributed by atoms with Crippen LogP contribution in [-0.2, 0) is 0 Å². The van der Waals surface area contributed by atoms with Crippen LogP contribution in [0.1, 0.15) is 53.4 Å². The number of hydrogen-bond acceptors (Lipinski definition) is 2. The topological polar surface area (TPSA) is 35.9 Å². The second-order valence-electron chi connectivity index (χ2n) is 5.45. The summed E-state index contributed by atoms with van der Waals surface area (Å²) in [6, 6.07) is 0.588. The van der Waals surface area contributed by atoms with Gasteiger partial charge in [0.2, 0.25) is 0 Å². The first-order valence-electron chi connectivity index (χ1n) is 5.73. The summed E-state index contributed by atoms with van der Waals surface area (Å²) in [5.41, 5.74) is 1.21. The van der Waals surface area contributed by atoms with Crippen molar-refractivity contribution in [3.63, 3.8) is 0 Å². The first-order chi connectivity index (χ1) is 6.41. The van der Waals surface area contributed by atoms with Crippen molar-refractivity contribution in [2.75, 3.05) is 0 Å². The predicted molar refractivity (Wildman–Crippen MR) is 62.0 cm³/mol. The van der Waals surface area contributed by atoms with Crippen LogP contribution in [0.15, 0.2) is 0 Å². The average Bonchev–Trinajstić information content (AvgIpc) is 1.94. The van der Waals surface area contributed by atoms with Crippen LogP contribution >= 0.6 is 0 Å². The van der Waals surface area contributed by atoms with E-state index in [9.17, 15) is 0 Å². The second kappa shape index (κ2) is 4.43. The van der Waals surface area contributed by atoms with Crippen molar-refractivity contribution in [2.24, 2.45) is 5.92 Å². The molecule has 0 amide bonds. The number of rotatable bonds is 5. The summed E-state index contributed by atoms with van der Waals surface area (Å²) in [7, 11) is 0. The Kier molecular flexibility index (Phi) is 3.71. The molecule has 0 aliphatic heterocycles. The molecular weight excluding hydrogens is 172 g/mol. The van der Waals surface area contributed by atoms with Gasteiger partial charge in [-0.1, -0.05) is 13.8 Å². The molecule has 2 nitrogen and oxygen atoms in total. The highest BCUT2D eigenvalue weighted by Crippen LogP contribution is 2.40. The fraction of sp³-hybridized carbons (Fsp3) is 0.917. The van der Waals surface area contributed by atoms with E-state index >= 15 is 0 Å². The molecule has 0 aromatic heterocycles. The predicted octanol–water partition coefficient (Wildman–Crippen LogP) is 2.97. The SMILES string of the molecule is CC(=N)CCC1CC(C)(NC(C)C)C1. The van der Waals surface area contributed by atoms with Gasteiger partial charge < -0.3 is 10.7 Å². The van der Waals surface area contributed by atoms with Crippen molar-refractivity contribution in [3.8, 4) is 0 Å². The molecule has 1 rings (SSSR count). The smallest absolute Gasteiger partial charge is 0.0161 e. The van der Waals surface area contributed by atoms with Crippen LogP contribution in [0.5, 0.6) is 0 Å². The van der Waals surface area contributed by atoms with E-state index < -0.39 is 0 Å². The van der Waals surface area contributed by atoms with E-state index in [2.05, 4.69) is 26.1 Å². The van der Waals surface area contributed by atoms with Gasteiger partial charge in [-0.25, -0.2) is 0 Å². The summed E-state index contributed by atoms with van der Waals surface area (Å²) in [5.74, 6) is 0.853. The molecule has 0 aromatic carbocycles. The Morgan fingerprint density at radius 3 is 2.50 bits per heavy atom. The van der Waals surface area contributed by atoms with Gasteiger partial charge in [0.25, 0.3) is 0 Å². The highest BCUT2D eigenvalue weighted by atomic mass is 15.0. The number of hydrogen-bond donors (Lipinski definition) is 2. The zero-order valence-corrected chi connectivity index (χ0v) is 9.98. The lowest BCUT2D eigenvalue weighted by atomic mass is 9.67. The maximum Gasteiger partial charge on any atom is 0.0161 e. The average molecular weight is 196 g/mol. The van der Waals surface area contributed by atoms with E-state index in [4.69, 9.17) is 5.41 Å². The third-order valence-electron chi connectivity index (χ3n) is 3.04. The van der Waals surface area contributed by atoms with Crippen molar-refractivity contribution >= 4 is 5.71 Å². The lowest BCUT2D eigenvalue weighted by Crippen LogP contribution is -2.55. The second-order valence-corrected chi connectivity index (χ2v) is 5.45. The van der Waals surface area contributed by atoms with Crippen LogP contribution in [0.2, 0.25) is 0 Å². The van der Waals surface area contributed by atoms with E-state index in [0.29, 0.717) is 11.6 Å². The summed E-state index contributed by atoms with van der Waals surface area (Å²) in [4.78, 5) is 0. The molecule has 2 heteroatoms. The highest BCUT2D eigenvalue weighted by Gasteiger charge is 2.39. The lowest BCUT2D eigenvalue weighted by molar-refractivity contribution is 0.107. The Balaban J connectivity index is 2.18. The largest absolute Gasteiger partial charge is 0.310 e. The highest BCUT2D eigenvalue weighted by molar-refractivity contribution is 5.78. The van der Waals surface area contributed by atoms with E-state index in [1.165, 1.54) is 19.3 Å². The van der Waals surface area contributed by atoms with Gasteiger partial charge in [-0.15, -0.1) is 0 Å². The van der Waals surface area contributed by atoms with Gasteiger partial charge in [-0.2, -0.15) is 0 Å². The van der Waals surface area contributed by atoms with Crippen molar-refractivity contribution in [1.82, 2.24) is 5.32 Å². The Morgan fingerprint density at radius 2 is 2.07 bits per heavy atom. The van der Waals surface area contributed by atoms with Crippen molar-refractivity contribution in [1.29, 1.82) is 5.41 Å². The van der Waals surface area contributed by atoms with Crippen LogP contribution in [0.3, 0.4) is 0 Å². The maximum absolute atomic E-state index is 7.38. The summed E-state index contributed by atoms with van der Waals surface area (Å²) in [6.45, 7) is 8.64. The molecule has 82 valence electrons. The van der Waals surface area contributed by atoms with Gasteiger partial charge in [-0.05, 0) is 45.4 Å². The molecule has 1 fully saturated rings. The standard InChI is InChI=1S/C12H24N2/c1-9(2)14-12(4)7-11(8-12)6-5-10(3)13/h9,11,13-14H,5-8H2,1-4H3. The fourth-order valence-corrected chi connectivity index (χ4v) is 2.65. The normalized spacial score (nSPS) is 31.6. The Labute approximate surface area is 88.0 Å². The molecule has 0 heterocycles. The van der Waals surface area contributed by atoms with E-state index in [0.717, 1.165) is 18.1 Å². The van der Waals surface area contributed by atoms with Gasteiger partial charge in [0.1, 0.15) is 0 Å². The molecule has 0 saturated heterocycles. The molecule has 1 aliphatic rings. The summed E-state index contributed by atoms with van der Waals surface area (Å²) in [5, 5.41) is 11.0. The minimum atomic E-state index is 0.384. The van der Waals surface area contributed by atoms with E-state index in [1.807, 2.05) is 6.92 Å². The van der Waals surface area contributed by atoms with Crippen LogP contribution < -0.4 is 5.32 Å². The zero-order chi connectivity index (χ0) is 10.8. The monoisotopic (exact) mass is 196 g/mol. The molecule has 1 aliphatic carbocycles. The molecule has 1 saturated carbocycles. The Morgan fingerprint density at radius 1 is 1.50 bits per heavy atom. The van der Waals surface area contributed by atoms with Gasteiger partial charge in [0.05, 0.1) is 0 Å². The molecule has 0 atom stereocenters. The quantitative estimate of drug-likeness (QED) is 0.652. The molecular formula is C12H24N2. The minimum absolute atomic E-state index is 0.384. The molecule has 14 heavy (non-hydrogen) atoms. The van der Waals surface area contributed by atoms with Crippen molar-refractivity contribution < 1.29 is 0 Å². The minimum Gasteiger partial charge on any atom is -0.310 e. The van der Waals surface area contributed by atoms with E-state index in [1.54, 1.807) is 0 Å². The van der Waals surface area contributed by atoms with E-state index in [-0.39, 0.29) is 0 Å². The van der Waals surface area contributed by atoms with Gasteiger partial charge in [0.15, 0.2) is 0 Å². The lowest BCUT2D eigenvalue weighted by Gasteiger charge is -2.47. The molecule has 0 unspecified atom stereocenters. The maximum atomic E-state index is 7.38. The Bertz CT molecular complexity index is 202.